The highest BCUT2D eigenvalue weighted by Gasteiger charge is 2.06. The third kappa shape index (κ3) is 7.22. The zero-order valence-corrected chi connectivity index (χ0v) is 11.9. The second kappa shape index (κ2) is 7.55. The second-order valence-corrected chi connectivity index (χ2v) is 5.92. The average Bonchev–Trinajstić information content (AvgIpc) is 2.41. The monoisotopic (exact) mass is 316 g/mol. The van der Waals surface area contributed by atoms with E-state index in [1.807, 2.05) is 0 Å². The number of hydrogen-bond donors (Lipinski definition) is 4. The predicted octanol–water partition coefficient (Wildman–Crippen LogP) is -0.742. The number of sulfonamides is 1. The number of aromatic carboxylic acids is 1. The number of carbonyl (C=O) groups is 2. The minimum absolute atomic E-state index is 0.0776. The van der Waals surface area contributed by atoms with Gasteiger partial charge in [-0.25, -0.2) is 28.1 Å². The van der Waals surface area contributed by atoms with Crippen LogP contribution in [0.25, 0.3) is 0 Å². The molecule has 0 fully saturated rings. The number of carboxylic acid groups (broad SMARTS) is 1. The molecule has 21 heavy (non-hydrogen) atoms. The molecule has 10 heteroatoms. The molecule has 0 aliphatic carbocycles. The van der Waals surface area contributed by atoms with E-state index in [9.17, 15) is 18.0 Å². The maximum absolute atomic E-state index is 11.4. The number of nitrogens with zero attached hydrogens (tertiary/aromatic N) is 1. The Morgan fingerprint density at radius 3 is 2.52 bits per heavy atom. The van der Waals surface area contributed by atoms with Gasteiger partial charge in [0.15, 0.2) is 0 Å². The fourth-order valence-corrected chi connectivity index (χ4v) is 1.92. The molecule has 0 saturated heterocycles. The number of urea groups is 1. The molecule has 2 amide bonds. The normalized spacial score (nSPS) is 10.9. The SMILES string of the molecule is NS(=O)(=O)CCCNC(=O)NCc1ccc(C(=O)O)nc1. The van der Waals surface area contributed by atoms with E-state index >= 15 is 0 Å². The van der Waals surface area contributed by atoms with Crippen LogP contribution >= 0.6 is 0 Å². The summed E-state index contributed by atoms with van der Waals surface area (Å²) in [6, 6.07) is 2.41. The Bertz CT molecular complexity index is 600. The van der Waals surface area contributed by atoms with Crippen molar-refractivity contribution in [1.82, 2.24) is 15.6 Å². The zero-order valence-electron chi connectivity index (χ0n) is 11.1. The number of pyridine rings is 1. The van der Waals surface area contributed by atoms with Gasteiger partial charge in [-0.15, -0.1) is 0 Å². The van der Waals surface area contributed by atoms with Crippen molar-refractivity contribution < 1.29 is 23.1 Å². The number of carbonyl (C=O) groups excluding carboxylic acids is 1. The van der Waals surface area contributed by atoms with Crippen LogP contribution in [0.15, 0.2) is 18.3 Å². The lowest BCUT2D eigenvalue weighted by molar-refractivity contribution is 0.0690. The van der Waals surface area contributed by atoms with Gasteiger partial charge < -0.3 is 15.7 Å². The first-order valence-corrected chi connectivity index (χ1v) is 7.70. The van der Waals surface area contributed by atoms with Crippen LogP contribution in [0.4, 0.5) is 4.79 Å². The molecular formula is C11H16N4O5S. The zero-order chi connectivity index (χ0) is 15.9. The fourth-order valence-electron chi connectivity index (χ4n) is 1.38. The van der Waals surface area contributed by atoms with Crippen molar-refractivity contribution in [3.63, 3.8) is 0 Å². The van der Waals surface area contributed by atoms with Gasteiger partial charge in [0.1, 0.15) is 5.69 Å². The van der Waals surface area contributed by atoms with Gasteiger partial charge in [0, 0.05) is 19.3 Å². The molecule has 1 aromatic rings. The van der Waals surface area contributed by atoms with Gasteiger partial charge in [-0.3, -0.25) is 0 Å². The predicted molar refractivity (Wildman–Crippen MR) is 74.0 cm³/mol. The first-order chi connectivity index (χ1) is 9.78. The van der Waals surface area contributed by atoms with Crippen LogP contribution in [0.1, 0.15) is 22.5 Å². The highest BCUT2D eigenvalue weighted by molar-refractivity contribution is 7.89. The number of nitrogens with one attached hydrogen (secondary N) is 2. The van der Waals surface area contributed by atoms with Crippen molar-refractivity contribution in [1.29, 1.82) is 0 Å². The molecule has 1 heterocycles. The summed E-state index contributed by atoms with van der Waals surface area (Å²) in [5.74, 6) is -1.32. The Labute approximate surface area is 121 Å². The molecule has 0 saturated carbocycles. The molecule has 0 aromatic carbocycles. The van der Waals surface area contributed by atoms with Gasteiger partial charge in [-0.2, -0.15) is 0 Å². The Kier molecular flexibility index (Phi) is 6.06. The van der Waals surface area contributed by atoms with Gasteiger partial charge in [0.2, 0.25) is 10.0 Å². The van der Waals surface area contributed by atoms with E-state index in [1.165, 1.54) is 18.3 Å². The van der Waals surface area contributed by atoms with Crippen LogP contribution in [0.5, 0.6) is 0 Å². The molecule has 1 aromatic heterocycles. The number of carboxylic acids is 1. The van der Waals surface area contributed by atoms with E-state index in [-0.39, 0.29) is 31.0 Å². The van der Waals surface area contributed by atoms with Crippen LogP contribution < -0.4 is 15.8 Å². The largest absolute Gasteiger partial charge is 0.477 e. The van der Waals surface area contributed by atoms with Crippen LogP contribution in [-0.2, 0) is 16.6 Å². The van der Waals surface area contributed by atoms with Crippen molar-refractivity contribution in [3.8, 4) is 0 Å². The van der Waals surface area contributed by atoms with Crippen LogP contribution in [0, 0.1) is 0 Å². The Balaban J connectivity index is 2.28. The second-order valence-electron chi connectivity index (χ2n) is 4.19. The molecule has 0 aliphatic heterocycles. The molecule has 0 bridgehead atoms. The van der Waals surface area contributed by atoms with Crippen LogP contribution in [0.2, 0.25) is 0 Å². The number of amides is 2. The molecule has 0 aliphatic rings. The standard InChI is InChI=1S/C11H16N4O5S/c12-21(19,20)5-1-4-13-11(18)15-7-8-2-3-9(10(16)17)14-6-8/h2-3,6H,1,4-5,7H2,(H,16,17)(H2,12,19,20)(H2,13,15,18). The summed E-state index contributed by atoms with van der Waals surface area (Å²) in [5, 5.41) is 18.5. The first kappa shape index (κ1) is 16.9. The van der Waals surface area contributed by atoms with Gasteiger partial charge in [0.25, 0.3) is 0 Å². The van der Waals surface area contributed by atoms with Crippen molar-refractivity contribution in [2.45, 2.75) is 13.0 Å². The van der Waals surface area contributed by atoms with Crippen LogP contribution in [-0.4, -0.2) is 42.8 Å². The minimum Gasteiger partial charge on any atom is -0.477 e. The Hall–Kier alpha value is -2.20. The molecule has 116 valence electrons. The molecule has 0 radical (unpaired) electrons. The summed E-state index contributed by atoms with van der Waals surface area (Å²) in [5.41, 5.74) is 0.561. The van der Waals surface area contributed by atoms with Gasteiger partial charge >= 0.3 is 12.0 Å². The van der Waals surface area contributed by atoms with Crippen LogP contribution in [0.3, 0.4) is 0 Å². The van der Waals surface area contributed by atoms with Gasteiger partial charge in [-0.1, -0.05) is 6.07 Å². The topological polar surface area (TPSA) is 151 Å². The molecule has 0 atom stereocenters. The van der Waals surface area contributed by atoms with E-state index in [1.54, 1.807) is 0 Å². The van der Waals surface area contributed by atoms with E-state index < -0.39 is 22.0 Å². The molecule has 0 spiro atoms. The first-order valence-electron chi connectivity index (χ1n) is 5.98. The third-order valence-corrected chi connectivity index (χ3v) is 3.25. The number of nitrogens with two attached hydrogens (primary N) is 1. The summed E-state index contributed by atoms with van der Waals surface area (Å²) < 4.78 is 21.3. The molecule has 0 unspecified atom stereocenters. The quantitative estimate of drug-likeness (QED) is 0.486. The minimum atomic E-state index is -3.52. The number of aromatic nitrogens is 1. The van der Waals surface area contributed by atoms with E-state index in [0.717, 1.165) is 0 Å². The Morgan fingerprint density at radius 2 is 2.00 bits per heavy atom. The van der Waals surface area contributed by atoms with Crippen molar-refractivity contribution in [2.75, 3.05) is 12.3 Å². The number of hydrogen-bond acceptors (Lipinski definition) is 5. The number of rotatable bonds is 7. The molecule has 9 nitrogen and oxygen atoms in total. The molecular weight excluding hydrogens is 300 g/mol. The van der Waals surface area contributed by atoms with E-state index in [0.29, 0.717) is 5.56 Å². The summed E-state index contributed by atoms with van der Waals surface area (Å²) in [6.45, 7) is 0.354. The van der Waals surface area contributed by atoms with E-state index in [4.69, 9.17) is 10.2 Å². The summed E-state index contributed by atoms with van der Waals surface area (Å²) in [7, 11) is -3.52. The highest BCUT2D eigenvalue weighted by atomic mass is 32.2. The molecule has 1 rings (SSSR count). The molecule has 5 N–H and O–H groups in total. The van der Waals surface area contributed by atoms with Crippen molar-refractivity contribution in [2.24, 2.45) is 5.14 Å². The maximum atomic E-state index is 11.4. The smallest absolute Gasteiger partial charge is 0.354 e. The van der Waals surface area contributed by atoms with Crippen molar-refractivity contribution in [3.05, 3.63) is 29.6 Å². The lowest BCUT2D eigenvalue weighted by Crippen LogP contribution is -2.36. The summed E-state index contributed by atoms with van der Waals surface area (Å²) in [6.07, 6.45) is 1.58. The Morgan fingerprint density at radius 1 is 1.29 bits per heavy atom. The summed E-state index contributed by atoms with van der Waals surface area (Å²) in [4.78, 5) is 25.7. The lowest BCUT2D eigenvalue weighted by Gasteiger charge is -2.07. The van der Waals surface area contributed by atoms with Gasteiger partial charge in [-0.05, 0) is 18.1 Å². The maximum Gasteiger partial charge on any atom is 0.354 e. The third-order valence-electron chi connectivity index (χ3n) is 2.39. The average molecular weight is 316 g/mol. The van der Waals surface area contributed by atoms with E-state index in [2.05, 4.69) is 15.6 Å². The number of primary sulfonamides is 1. The summed E-state index contributed by atoms with van der Waals surface area (Å²) >= 11 is 0. The lowest BCUT2D eigenvalue weighted by atomic mass is 10.2. The fraction of sp³-hybridized carbons (Fsp3) is 0.364. The van der Waals surface area contributed by atoms with Gasteiger partial charge in [0.05, 0.1) is 5.75 Å². The highest BCUT2D eigenvalue weighted by Crippen LogP contribution is 1.99. The van der Waals surface area contributed by atoms with Crippen molar-refractivity contribution >= 4 is 22.0 Å².